The van der Waals surface area contributed by atoms with E-state index in [2.05, 4.69) is 10.5 Å². The predicted molar refractivity (Wildman–Crippen MR) is 113 cm³/mol. The van der Waals surface area contributed by atoms with E-state index in [0.717, 1.165) is 22.6 Å². The summed E-state index contributed by atoms with van der Waals surface area (Å²) in [6, 6.07) is 10.8. The smallest absolute Gasteiger partial charge is 0.261 e. The Morgan fingerprint density at radius 2 is 1.87 bits per heavy atom. The highest BCUT2D eigenvalue weighted by Crippen LogP contribution is 2.39. The Bertz CT molecular complexity index is 1130. The van der Waals surface area contributed by atoms with Gasteiger partial charge >= 0.3 is 0 Å². The van der Waals surface area contributed by atoms with Gasteiger partial charge in [0, 0.05) is 24.7 Å². The Kier molecular flexibility index (Phi) is 5.03. The van der Waals surface area contributed by atoms with Crippen molar-refractivity contribution in [1.29, 1.82) is 0 Å². The molecule has 1 aliphatic heterocycles. The molecule has 0 aliphatic carbocycles. The van der Waals surface area contributed by atoms with E-state index >= 15 is 0 Å². The zero-order chi connectivity index (χ0) is 21.4. The van der Waals surface area contributed by atoms with Crippen LogP contribution in [0.1, 0.15) is 39.4 Å². The number of hydrogen-bond acceptors (Lipinski definition) is 5. The Morgan fingerprint density at radius 3 is 2.60 bits per heavy atom. The summed E-state index contributed by atoms with van der Waals surface area (Å²) in [5, 5.41) is 6.77. The molecule has 2 amide bonds. The van der Waals surface area contributed by atoms with E-state index in [0.29, 0.717) is 34.9 Å². The number of nitrogens with one attached hydrogen (secondary N) is 1. The summed E-state index contributed by atoms with van der Waals surface area (Å²) < 4.78 is 11.1. The van der Waals surface area contributed by atoms with Crippen molar-refractivity contribution in [3.05, 3.63) is 64.5 Å². The van der Waals surface area contributed by atoms with Crippen LogP contribution in [0.4, 0.5) is 11.4 Å². The first-order valence-corrected chi connectivity index (χ1v) is 9.75. The third-order valence-corrected chi connectivity index (χ3v) is 5.28. The van der Waals surface area contributed by atoms with Gasteiger partial charge in [-0.1, -0.05) is 11.2 Å². The van der Waals surface area contributed by atoms with E-state index in [4.69, 9.17) is 9.26 Å². The van der Waals surface area contributed by atoms with Gasteiger partial charge in [0.2, 0.25) is 5.91 Å². The number of aromatic nitrogens is 1. The lowest BCUT2D eigenvalue weighted by Gasteiger charge is -2.16. The van der Waals surface area contributed by atoms with Gasteiger partial charge in [0.05, 0.1) is 16.9 Å². The Morgan fingerprint density at radius 1 is 1.10 bits per heavy atom. The molecule has 2 aromatic carbocycles. The molecule has 30 heavy (non-hydrogen) atoms. The highest BCUT2D eigenvalue weighted by atomic mass is 16.5. The molecule has 1 aliphatic rings. The average Bonchev–Trinajstić information content (AvgIpc) is 3.00. The number of amides is 2. The second-order valence-corrected chi connectivity index (χ2v) is 7.50. The van der Waals surface area contributed by atoms with Crippen LogP contribution in [0.3, 0.4) is 0 Å². The van der Waals surface area contributed by atoms with Gasteiger partial charge in [-0.25, -0.2) is 0 Å². The van der Waals surface area contributed by atoms with E-state index in [1.165, 1.54) is 0 Å². The number of carbonyl (C=O) groups excluding carboxylic acids is 2. The summed E-state index contributed by atoms with van der Waals surface area (Å²) in [5.74, 6) is 1.46. The highest BCUT2D eigenvalue weighted by Gasteiger charge is 2.26. The molecule has 0 unspecified atom stereocenters. The lowest BCUT2D eigenvalue weighted by molar-refractivity contribution is -0.116. The first-order valence-electron chi connectivity index (χ1n) is 9.75. The molecular weight excluding hydrogens is 382 g/mol. The van der Waals surface area contributed by atoms with E-state index in [1.807, 2.05) is 39.0 Å². The molecule has 0 bridgehead atoms. The van der Waals surface area contributed by atoms with Crippen molar-refractivity contribution in [1.82, 2.24) is 5.16 Å². The number of nitrogens with zero attached hydrogens (tertiary/aromatic N) is 2. The zero-order valence-corrected chi connectivity index (χ0v) is 17.4. The maximum atomic E-state index is 13.0. The fourth-order valence-electron chi connectivity index (χ4n) is 3.57. The van der Waals surface area contributed by atoms with Gasteiger partial charge < -0.3 is 19.5 Å². The van der Waals surface area contributed by atoms with Crippen LogP contribution in [-0.2, 0) is 11.2 Å². The second-order valence-electron chi connectivity index (χ2n) is 7.50. The van der Waals surface area contributed by atoms with Crippen LogP contribution in [0.15, 0.2) is 40.9 Å². The number of rotatable bonds is 4. The minimum Gasteiger partial charge on any atom is -0.454 e. The number of benzene rings is 2. The summed E-state index contributed by atoms with van der Waals surface area (Å²) in [7, 11) is 1.72. The fraction of sp³-hybridized carbons (Fsp3) is 0.261. The molecule has 0 spiro atoms. The van der Waals surface area contributed by atoms with Gasteiger partial charge in [-0.15, -0.1) is 0 Å². The summed E-state index contributed by atoms with van der Waals surface area (Å²) in [6.07, 6.45) is 0.826. The SMILES string of the molecule is Cc1ccc2c(c1)N(C)C(=O)c1cc(NC(=O)CCc3c(C)noc3C)ccc1O2. The van der Waals surface area contributed by atoms with E-state index in [1.54, 1.807) is 30.1 Å². The van der Waals surface area contributed by atoms with Gasteiger partial charge in [-0.3, -0.25) is 9.59 Å². The molecule has 0 fully saturated rings. The monoisotopic (exact) mass is 405 g/mol. The molecule has 7 nitrogen and oxygen atoms in total. The van der Waals surface area contributed by atoms with Crippen LogP contribution >= 0.6 is 0 Å². The van der Waals surface area contributed by atoms with Crippen molar-refractivity contribution in [3.8, 4) is 11.5 Å². The van der Waals surface area contributed by atoms with Crippen molar-refractivity contribution in [2.24, 2.45) is 0 Å². The lowest BCUT2D eigenvalue weighted by atomic mass is 10.1. The normalized spacial score (nSPS) is 12.7. The van der Waals surface area contributed by atoms with Crippen LogP contribution in [0.25, 0.3) is 0 Å². The topological polar surface area (TPSA) is 84.7 Å². The summed E-state index contributed by atoms with van der Waals surface area (Å²) in [5.41, 5.74) is 4.44. The molecule has 7 heteroatoms. The largest absolute Gasteiger partial charge is 0.454 e. The Labute approximate surface area is 174 Å². The molecule has 154 valence electrons. The van der Waals surface area contributed by atoms with Gasteiger partial charge in [0.15, 0.2) is 5.75 Å². The molecule has 1 N–H and O–H groups in total. The van der Waals surface area contributed by atoms with Crippen LogP contribution in [0.2, 0.25) is 0 Å². The van der Waals surface area contributed by atoms with Gasteiger partial charge in [-0.05, 0) is 63.1 Å². The van der Waals surface area contributed by atoms with Crippen LogP contribution in [0, 0.1) is 20.8 Å². The number of hydrogen-bond donors (Lipinski definition) is 1. The van der Waals surface area contributed by atoms with Gasteiger partial charge in [0.25, 0.3) is 5.91 Å². The van der Waals surface area contributed by atoms with Crippen LogP contribution in [-0.4, -0.2) is 24.0 Å². The number of aryl methyl sites for hydroxylation is 3. The molecular formula is C23H23N3O4. The third-order valence-electron chi connectivity index (χ3n) is 5.28. The standard InChI is InChI=1S/C23H23N3O4/c1-13-5-8-21-19(11-13)26(4)23(28)18-12-16(6-9-20(18)29-21)24-22(27)10-7-17-14(2)25-30-15(17)3/h5-6,8-9,11-12H,7,10H2,1-4H3,(H,24,27). The summed E-state index contributed by atoms with van der Waals surface area (Å²) >= 11 is 0. The second kappa shape index (κ2) is 7.67. The number of ether oxygens (including phenoxy) is 1. The van der Waals surface area contributed by atoms with Crippen molar-refractivity contribution in [3.63, 3.8) is 0 Å². The maximum absolute atomic E-state index is 13.0. The first-order chi connectivity index (χ1) is 14.3. The van der Waals surface area contributed by atoms with Crippen molar-refractivity contribution in [2.75, 3.05) is 17.3 Å². The molecule has 0 atom stereocenters. The van der Waals surface area contributed by atoms with E-state index < -0.39 is 0 Å². The maximum Gasteiger partial charge on any atom is 0.261 e. The average molecular weight is 405 g/mol. The Balaban J connectivity index is 1.52. The minimum atomic E-state index is -0.193. The molecule has 1 aromatic heterocycles. The molecule has 0 saturated carbocycles. The van der Waals surface area contributed by atoms with Crippen molar-refractivity contribution < 1.29 is 18.8 Å². The molecule has 0 saturated heterocycles. The number of carbonyl (C=O) groups is 2. The first kappa shape index (κ1) is 19.7. The third kappa shape index (κ3) is 3.66. The number of anilines is 2. The van der Waals surface area contributed by atoms with E-state index in [-0.39, 0.29) is 18.2 Å². The quantitative estimate of drug-likeness (QED) is 0.688. The van der Waals surface area contributed by atoms with Crippen LogP contribution in [0.5, 0.6) is 11.5 Å². The molecule has 4 rings (SSSR count). The zero-order valence-electron chi connectivity index (χ0n) is 17.4. The highest BCUT2D eigenvalue weighted by molar-refractivity contribution is 6.10. The van der Waals surface area contributed by atoms with Crippen molar-refractivity contribution in [2.45, 2.75) is 33.6 Å². The van der Waals surface area contributed by atoms with Gasteiger partial charge in [-0.2, -0.15) is 0 Å². The molecule has 3 aromatic rings. The predicted octanol–water partition coefficient (Wildman–Crippen LogP) is 4.55. The summed E-state index contributed by atoms with van der Waals surface area (Å²) in [6.45, 7) is 5.66. The van der Waals surface area contributed by atoms with Crippen LogP contribution < -0.4 is 15.0 Å². The number of fused-ring (bicyclic) bond motifs is 2. The minimum absolute atomic E-state index is 0.149. The van der Waals surface area contributed by atoms with Gasteiger partial charge in [0.1, 0.15) is 11.5 Å². The van der Waals surface area contributed by atoms with E-state index in [9.17, 15) is 9.59 Å². The summed E-state index contributed by atoms with van der Waals surface area (Å²) in [4.78, 5) is 27.0. The fourth-order valence-corrected chi connectivity index (χ4v) is 3.57. The molecule has 2 heterocycles. The Hall–Kier alpha value is -3.61. The lowest BCUT2D eigenvalue weighted by Crippen LogP contribution is -2.25. The van der Waals surface area contributed by atoms with Crippen molar-refractivity contribution >= 4 is 23.2 Å². The molecule has 0 radical (unpaired) electrons.